The first-order chi connectivity index (χ1) is 9.13. The number of halogens is 1. The summed E-state index contributed by atoms with van der Waals surface area (Å²) >= 11 is 1.57. The van der Waals surface area contributed by atoms with Crippen molar-refractivity contribution in [2.24, 2.45) is 0 Å². The molecule has 0 saturated carbocycles. The van der Waals surface area contributed by atoms with Gasteiger partial charge in [-0.2, -0.15) is 0 Å². The molecule has 0 unspecified atom stereocenters. The summed E-state index contributed by atoms with van der Waals surface area (Å²) < 4.78 is 18.3. The summed E-state index contributed by atoms with van der Waals surface area (Å²) in [5.41, 5.74) is 1.02. The molecule has 1 aromatic carbocycles. The number of ether oxygens (including phenoxy) is 1. The van der Waals surface area contributed by atoms with E-state index in [1.807, 2.05) is 5.38 Å². The maximum Gasteiger partial charge on any atom is 0.140 e. The first-order valence-corrected chi connectivity index (χ1v) is 7.06. The molecule has 0 amide bonds. The molecule has 1 heterocycles. The number of hydrogen-bond donors (Lipinski definition) is 1. The summed E-state index contributed by atoms with van der Waals surface area (Å²) in [5, 5.41) is 6.26. The first kappa shape index (κ1) is 14.0. The maximum atomic E-state index is 12.7. The Morgan fingerprint density at radius 1 is 1.32 bits per heavy atom. The van der Waals surface area contributed by atoms with Crippen LogP contribution in [0.4, 0.5) is 4.39 Å². The van der Waals surface area contributed by atoms with E-state index in [-0.39, 0.29) is 5.82 Å². The third-order valence-corrected chi connectivity index (χ3v) is 3.34. The van der Waals surface area contributed by atoms with E-state index in [0.29, 0.717) is 18.4 Å². The van der Waals surface area contributed by atoms with E-state index in [4.69, 9.17) is 4.74 Å². The summed E-state index contributed by atoms with van der Waals surface area (Å²) in [7, 11) is 0. The van der Waals surface area contributed by atoms with Crippen molar-refractivity contribution in [2.75, 3.05) is 0 Å². The summed E-state index contributed by atoms with van der Waals surface area (Å²) in [6.45, 7) is 5.39. The van der Waals surface area contributed by atoms with Crippen molar-refractivity contribution in [1.29, 1.82) is 0 Å². The Morgan fingerprint density at radius 3 is 2.74 bits per heavy atom. The van der Waals surface area contributed by atoms with Gasteiger partial charge in [0.05, 0.1) is 5.69 Å². The third kappa shape index (κ3) is 4.61. The van der Waals surface area contributed by atoms with Gasteiger partial charge in [0.25, 0.3) is 0 Å². The predicted molar refractivity (Wildman–Crippen MR) is 74.8 cm³/mol. The molecule has 0 saturated heterocycles. The molecular formula is C14H17FN2OS. The van der Waals surface area contributed by atoms with Gasteiger partial charge in [0.1, 0.15) is 23.2 Å². The van der Waals surface area contributed by atoms with Gasteiger partial charge in [-0.3, -0.25) is 0 Å². The van der Waals surface area contributed by atoms with E-state index >= 15 is 0 Å². The van der Waals surface area contributed by atoms with Crippen LogP contribution >= 0.6 is 11.3 Å². The second-order valence-corrected chi connectivity index (χ2v) is 5.45. The van der Waals surface area contributed by atoms with Crippen LogP contribution in [0.3, 0.4) is 0 Å². The molecule has 1 N–H and O–H groups in total. The van der Waals surface area contributed by atoms with Gasteiger partial charge in [-0.15, -0.1) is 11.3 Å². The number of thiazole rings is 1. The van der Waals surface area contributed by atoms with Gasteiger partial charge in [0.15, 0.2) is 0 Å². The van der Waals surface area contributed by atoms with E-state index in [9.17, 15) is 4.39 Å². The fraction of sp³-hybridized carbons (Fsp3) is 0.357. The van der Waals surface area contributed by atoms with Gasteiger partial charge < -0.3 is 10.1 Å². The molecule has 102 valence electrons. The molecule has 2 aromatic rings. The highest BCUT2D eigenvalue weighted by Crippen LogP contribution is 2.16. The highest BCUT2D eigenvalue weighted by molar-refractivity contribution is 7.09. The van der Waals surface area contributed by atoms with E-state index in [2.05, 4.69) is 24.1 Å². The van der Waals surface area contributed by atoms with Crippen molar-refractivity contribution >= 4 is 11.3 Å². The number of rotatable bonds is 6. The topological polar surface area (TPSA) is 34.1 Å². The molecule has 0 aliphatic carbocycles. The lowest BCUT2D eigenvalue weighted by atomic mass is 10.3. The molecule has 0 spiro atoms. The Bertz CT molecular complexity index is 510. The van der Waals surface area contributed by atoms with E-state index < -0.39 is 0 Å². The minimum atomic E-state index is -0.261. The summed E-state index contributed by atoms with van der Waals surface area (Å²) in [5.74, 6) is 0.391. The first-order valence-electron chi connectivity index (χ1n) is 6.18. The van der Waals surface area contributed by atoms with Crippen molar-refractivity contribution in [2.45, 2.75) is 33.0 Å². The van der Waals surface area contributed by atoms with Crippen LogP contribution in [0, 0.1) is 5.82 Å². The molecule has 0 bridgehead atoms. The maximum absolute atomic E-state index is 12.7. The van der Waals surface area contributed by atoms with E-state index in [1.165, 1.54) is 12.1 Å². The Kier molecular flexibility index (Phi) is 4.87. The van der Waals surface area contributed by atoms with E-state index in [0.717, 1.165) is 17.2 Å². The SMILES string of the molecule is CC(C)NCc1csc(COc2ccc(F)cc2)n1. The number of nitrogens with zero attached hydrogens (tertiary/aromatic N) is 1. The normalized spacial score (nSPS) is 10.9. The van der Waals surface area contributed by atoms with Crippen LogP contribution in [-0.2, 0) is 13.2 Å². The summed E-state index contributed by atoms with van der Waals surface area (Å²) in [6.07, 6.45) is 0. The fourth-order valence-corrected chi connectivity index (χ4v) is 2.19. The van der Waals surface area contributed by atoms with Crippen LogP contribution in [0.2, 0.25) is 0 Å². The highest BCUT2D eigenvalue weighted by Gasteiger charge is 2.04. The number of hydrogen-bond acceptors (Lipinski definition) is 4. The molecular weight excluding hydrogens is 263 g/mol. The van der Waals surface area contributed by atoms with Crippen LogP contribution < -0.4 is 10.1 Å². The Morgan fingerprint density at radius 2 is 2.05 bits per heavy atom. The van der Waals surface area contributed by atoms with Gasteiger partial charge in [0.2, 0.25) is 0 Å². The molecule has 1 aromatic heterocycles. The van der Waals surface area contributed by atoms with Crippen LogP contribution in [0.1, 0.15) is 24.5 Å². The lowest BCUT2D eigenvalue weighted by molar-refractivity contribution is 0.304. The smallest absolute Gasteiger partial charge is 0.140 e. The average molecular weight is 280 g/mol. The van der Waals surface area contributed by atoms with Gasteiger partial charge in [-0.25, -0.2) is 9.37 Å². The standard InChI is InChI=1S/C14H17FN2OS/c1-10(2)16-7-12-9-19-14(17-12)8-18-13-5-3-11(15)4-6-13/h3-6,9-10,16H,7-8H2,1-2H3. The number of benzene rings is 1. The van der Waals surface area contributed by atoms with Gasteiger partial charge in [-0.1, -0.05) is 13.8 Å². The van der Waals surface area contributed by atoms with Crippen LogP contribution in [-0.4, -0.2) is 11.0 Å². The quantitative estimate of drug-likeness (QED) is 0.881. The lowest BCUT2D eigenvalue weighted by Crippen LogP contribution is -2.21. The lowest BCUT2D eigenvalue weighted by Gasteiger charge is -2.05. The van der Waals surface area contributed by atoms with Crippen molar-refractivity contribution in [1.82, 2.24) is 10.3 Å². The molecule has 2 rings (SSSR count). The zero-order valence-corrected chi connectivity index (χ0v) is 11.8. The Balaban J connectivity index is 1.84. The summed E-state index contributed by atoms with van der Waals surface area (Å²) in [6, 6.07) is 6.44. The molecule has 0 aliphatic heterocycles. The van der Waals surface area contributed by atoms with E-state index in [1.54, 1.807) is 23.5 Å². The minimum absolute atomic E-state index is 0.261. The van der Waals surface area contributed by atoms with Crippen molar-refractivity contribution in [3.8, 4) is 5.75 Å². The minimum Gasteiger partial charge on any atom is -0.486 e. The van der Waals surface area contributed by atoms with Crippen LogP contribution in [0.25, 0.3) is 0 Å². The zero-order valence-electron chi connectivity index (χ0n) is 11.0. The molecule has 0 radical (unpaired) electrons. The molecule has 5 heteroatoms. The van der Waals surface area contributed by atoms with Crippen LogP contribution in [0.15, 0.2) is 29.6 Å². The Labute approximate surface area is 116 Å². The van der Waals surface area contributed by atoms with Crippen molar-refractivity contribution < 1.29 is 9.13 Å². The molecule has 0 fully saturated rings. The number of aromatic nitrogens is 1. The number of nitrogens with one attached hydrogen (secondary N) is 1. The summed E-state index contributed by atoms with van der Waals surface area (Å²) in [4.78, 5) is 4.47. The fourth-order valence-electron chi connectivity index (χ4n) is 1.48. The highest BCUT2D eigenvalue weighted by atomic mass is 32.1. The molecule has 3 nitrogen and oxygen atoms in total. The molecule has 0 aliphatic rings. The second kappa shape index (κ2) is 6.63. The van der Waals surface area contributed by atoms with Gasteiger partial charge >= 0.3 is 0 Å². The van der Waals surface area contributed by atoms with Gasteiger partial charge in [0, 0.05) is 18.0 Å². The zero-order chi connectivity index (χ0) is 13.7. The largest absolute Gasteiger partial charge is 0.486 e. The van der Waals surface area contributed by atoms with Crippen molar-refractivity contribution in [3.05, 3.63) is 46.2 Å². The molecule has 19 heavy (non-hydrogen) atoms. The monoisotopic (exact) mass is 280 g/mol. The van der Waals surface area contributed by atoms with Crippen molar-refractivity contribution in [3.63, 3.8) is 0 Å². The molecule has 0 atom stereocenters. The average Bonchev–Trinajstić information content (AvgIpc) is 2.84. The Hall–Kier alpha value is -1.46. The van der Waals surface area contributed by atoms with Crippen LogP contribution in [0.5, 0.6) is 5.75 Å². The second-order valence-electron chi connectivity index (χ2n) is 4.51. The third-order valence-electron chi connectivity index (χ3n) is 2.47. The van der Waals surface area contributed by atoms with Gasteiger partial charge in [-0.05, 0) is 24.3 Å². The predicted octanol–water partition coefficient (Wildman–Crippen LogP) is 3.36.